The lowest BCUT2D eigenvalue weighted by atomic mass is 9.91. The van der Waals surface area contributed by atoms with E-state index in [1.54, 1.807) is 49.4 Å². The predicted molar refractivity (Wildman–Crippen MR) is 105 cm³/mol. The molecule has 0 spiro atoms. The molecule has 1 N–H and O–H groups in total. The van der Waals surface area contributed by atoms with Crippen LogP contribution in [-0.4, -0.2) is 21.8 Å². The van der Waals surface area contributed by atoms with Crippen molar-refractivity contribution in [3.8, 4) is 17.4 Å². The third-order valence-electron chi connectivity index (χ3n) is 4.80. The van der Waals surface area contributed by atoms with Gasteiger partial charge in [0.05, 0.1) is 17.8 Å². The number of halogens is 1. The van der Waals surface area contributed by atoms with Crippen molar-refractivity contribution < 1.29 is 14.0 Å². The summed E-state index contributed by atoms with van der Waals surface area (Å²) in [7, 11) is 0. The Bertz CT molecular complexity index is 1170. The molecule has 3 aromatic rings. The van der Waals surface area contributed by atoms with Gasteiger partial charge in [-0.1, -0.05) is 35.9 Å². The zero-order valence-electron chi connectivity index (χ0n) is 15.3. The fourth-order valence-corrected chi connectivity index (χ4v) is 3.42. The average Bonchev–Trinajstić information content (AvgIpc) is 3.27. The Labute approximate surface area is 171 Å². The van der Waals surface area contributed by atoms with Crippen LogP contribution in [-0.2, 0) is 16.9 Å². The molecule has 8 heteroatoms. The van der Waals surface area contributed by atoms with Gasteiger partial charge in [0.25, 0.3) is 5.91 Å². The van der Waals surface area contributed by atoms with Crippen molar-refractivity contribution in [1.82, 2.24) is 15.2 Å². The number of nitrogens with zero attached hydrogens (tertiary/aromatic N) is 3. The molecule has 1 unspecified atom stereocenters. The van der Waals surface area contributed by atoms with Crippen molar-refractivity contribution in [3.05, 3.63) is 76.8 Å². The number of carbonyl (C=O) groups excluding carboxylic acids is 2. The fraction of sp³-hybridized carbons (Fsp3) is 0.143. The molecule has 1 aromatic heterocycles. The quantitative estimate of drug-likeness (QED) is 0.663. The number of benzene rings is 2. The van der Waals surface area contributed by atoms with Gasteiger partial charge < -0.3 is 9.73 Å². The highest BCUT2D eigenvalue weighted by Crippen LogP contribution is 2.31. The highest BCUT2D eigenvalue weighted by Gasteiger charge is 2.49. The minimum atomic E-state index is -1.27. The molecule has 1 saturated heterocycles. The minimum absolute atomic E-state index is 0.112. The molecular weight excluding hydrogens is 392 g/mol. The van der Waals surface area contributed by atoms with Crippen LogP contribution in [0.5, 0.6) is 0 Å². The van der Waals surface area contributed by atoms with E-state index >= 15 is 0 Å². The van der Waals surface area contributed by atoms with Gasteiger partial charge in [0.1, 0.15) is 12.1 Å². The number of amides is 3. The van der Waals surface area contributed by atoms with Gasteiger partial charge in [0, 0.05) is 10.6 Å². The van der Waals surface area contributed by atoms with Gasteiger partial charge in [-0.05, 0) is 36.8 Å². The Kier molecular flexibility index (Phi) is 4.57. The zero-order chi connectivity index (χ0) is 20.6. The molecule has 1 aliphatic heterocycles. The lowest BCUT2D eigenvalue weighted by Gasteiger charge is -2.22. The lowest BCUT2D eigenvalue weighted by Crippen LogP contribution is -2.40. The highest BCUT2D eigenvalue weighted by atomic mass is 35.5. The van der Waals surface area contributed by atoms with E-state index in [0.29, 0.717) is 21.9 Å². The van der Waals surface area contributed by atoms with Crippen LogP contribution in [0.25, 0.3) is 11.3 Å². The molecule has 0 saturated carbocycles. The monoisotopic (exact) mass is 406 g/mol. The number of carbonyl (C=O) groups is 2. The largest absolute Gasteiger partial charge is 0.439 e. The SMILES string of the molecule is CC1(c2cccc(C#N)c2)NC(=O)N(Cc2ncc(-c3cccc(Cl)c3)o2)C1=O. The summed E-state index contributed by atoms with van der Waals surface area (Å²) in [6, 6.07) is 15.2. The Morgan fingerprint density at radius 3 is 2.79 bits per heavy atom. The van der Waals surface area contributed by atoms with Crippen LogP contribution in [0.1, 0.15) is 23.9 Å². The van der Waals surface area contributed by atoms with E-state index in [2.05, 4.69) is 10.3 Å². The van der Waals surface area contributed by atoms with Crippen LogP contribution in [0.15, 0.2) is 59.1 Å². The number of rotatable bonds is 4. The number of oxazole rings is 1. The molecule has 0 radical (unpaired) electrons. The third kappa shape index (κ3) is 3.35. The first-order valence-electron chi connectivity index (χ1n) is 8.76. The van der Waals surface area contributed by atoms with E-state index in [-0.39, 0.29) is 12.4 Å². The maximum absolute atomic E-state index is 13.0. The van der Waals surface area contributed by atoms with E-state index in [1.807, 2.05) is 12.1 Å². The maximum atomic E-state index is 13.0. The zero-order valence-corrected chi connectivity index (χ0v) is 16.1. The van der Waals surface area contributed by atoms with Crippen LogP contribution in [0, 0.1) is 11.3 Å². The molecule has 4 rings (SSSR count). The first-order chi connectivity index (χ1) is 13.9. The van der Waals surface area contributed by atoms with Crippen LogP contribution >= 0.6 is 11.6 Å². The summed E-state index contributed by atoms with van der Waals surface area (Å²) < 4.78 is 5.71. The van der Waals surface area contributed by atoms with Gasteiger partial charge in [-0.15, -0.1) is 0 Å². The highest BCUT2D eigenvalue weighted by molar-refractivity contribution is 6.30. The Morgan fingerprint density at radius 1 is 1.24 bits per heavy atom. The van der Waals surface area contributed by atoms with Crippen LogP contribution < -0.4 is 5.32 Å². The van der Waals surface area contributed by atoms with Crippen LogP contribution in [0.3, 0.4) is 0 Å². The molecule has 7 nitrogen and oxygen atoms in total. The van der Waals surface area contributed by atoms with Crippen molar-refractivity contribution >= 4 is 23.5 Å². The molecule has 0 aliphatic carbocycles. The Morgan fingerprint density at radius 2 is 2.03 bits per heavy atom. The summed E-state index contributed by atoms with van der Waals surface area (Å²) in [5.74, 6) is 0.262. The standard InChI is InChI=1S/C21H15ClN4O3/c1-21(15-6-2-4-13(8-15)10-23)19(27)26(20(28)25-21)12-18-24-11-17(29-18)14-5-3-7-16(22)9-14/h2-9,11H,12H2,1H3,(H,25,28). The maximum Gasteiger partial charge on any atom is 0.325 e. The molecule has 29 heavy (non-hydrogen) atoms. The second-order valence-electron chi connectivity index (χ2n) is 6.77. The number of hydrogen-bond acceptors (Lipinski definition) is 5. The van der Waals surface area contributed by atoms with Crippen molar-refractivity contribution in [3.63, 3.8) is 0 Å². The molecule has 1 aliphatic rings. The summed E-state index contributed by atoms with van der Waals surface area (Å²) in [5.41, 5.74) is 0.408. The summed E-state index contributed by atoms with van der Waals surface area (Å²) in [5, 5.41) is 12.4. The second kappa shape index (κ2) is 7.08. The van der Waals surface area contributed by atoms with Gasteiger partial charge >= 0.3 is 6.03 Å². The summed E-state index contributed by atoms with van der Waals surface area (Å²) in [6.45, 7) is 1.50. The predicted octanol–water partition coefficient (Wildman–Crippen LogP) is 3.83. The number of aromatic nitrogens is 1. The third-order valence-corrected chi connectivity index (χ3v) is 5.04. The molecule has 1 fully saturated rings. The van der Waals surface area contributed by atoms with Gasteiger partial charge in [0.2, 0.25) is 5.89 Å². The normalized spacial score (nSPS) is 18.6. The van der Waals surface area contributed by atoms with Crippen LogP contribution in [0.4, 0.5) is 4.79 Å². The number of imide groups is 1. The molecule has 3 amide bonds. The van der Waals surface area contributed by atoms with Gasteiger partial charge in [-0.25, -0.2) is 9.78 Å². The Hall–Kier alpha value is -3.63. The number of nitriles is 1. The van der Waals surface area contributed by atoms with Crippen molar-refractivity contribution in [2.75, 3.05) is 0 Å². The molecule has 2 heterocycles. The molecule has 0 bridgehead atoms. The minimum Gasteiger partial charge on any atom is -0.439 e. The Balaban J connectivity index is 1.58. The molecular formula is C21H15ClN4O3. The van der Waals surface area contributed by atoms with E-state index in [4.69, 9.17) is 21.3 Å². The van der Waals surface area contributed by atoms with Crippen molar-refractivity contribution in [2.45, 2.75) is 19.0 Å². The lowest BCUT2D eigenvalue weighted by molar-refractivity contribution is -0.131. The molecule has 2 aromatic carbocycles. The van der Waals surface area contributed by atoms with E-state index < -0.39 is 17.5 Å². The second-order valence-corrected chi connectivity index (χ2v) is 7.20. The first-order valence-corrected chi connectivity index (χ1v) is 9.14. The fourth-order valence-electron chi connectivity index (χ4n) is 3.23. The summed E-state index contributed by atoms with van der Waals surface area (Å²) >= 11 is 6.00. The number of nitrogens with one attached hydrogen (secondary N) is 1. The first kappa shape index (κ1) is 18.7. The topological polar surface area (TPSA) is 99.2 Å². The van der Waals surface area contributed by atoms with E-state index in [1.165, 1.54) is 6.20 Å². The summed E-state index contributed by atoms with van der Waals surface area (Å²) in [4.78, 5) is 30.8. The number of hydrogen-bond donors (Lipinski definition) is 1. The van der Waals surface area contributed by atoms with Gasteiger partial charge in [0.15, 0.2) is 5.76 Å². The number of urea groups is 1. The van der Waals surface area contributed by atoms with Gasteiger partial charge in [-0.3, -0.25) is 9.69 Å². The van der Waals surface area contributed by atoms with Crippen molar-refractivity contribution in [1.29, 1.82) is 5.26 Å². The van der Waals surface area contributed by atoms with Crippen molar-refractivity contribution in [2.24, 2.45) is 0 Å². The van der Waals surface area contributed by atoms with Crippen LogP contribution in [0.2, 0.25) is 5.02 Å². The van der Waals surface area contributed by atoms with E-state index in [0.717, 1.165) is 10.5 Å². The van der Waals surface area contributed by atoms with Gasteiger partial charge in [-0.2, -0.15) is 5.26 Å². The molecule has 1 atom stereocenters. The smallest absolute Gasteiger partial charge is 0.325 e. The summed E-state index contributed by atoms with van der Waals surface area (Å²) in [6.07, 6.45) is 1.52. The average molecular weight is 407 g/mol. The molecule has 144 valence electrons. The van der Waals surface area contributed by atoms with E-state index in [9.17, 15) is 9.59 Å².